The molecule has 0 heterocycles. The molecule has 0 aromatic carbocycles. The van der Waals surface area contributed by atoms with E-state index in [-0.39, 0.29) is 5.54 Å². The minimum atomic E-state index is -0.245. The van der Waals surface area contributed by atoms with Gasteiger partial charge in [0.05, 0.1) is 5.54 Å². The summed E-state index contributed by atoms with van der Waals surface area (Å²) in [5, 5.41) is 0. The number of ketones is 1. The molecule has 126 valence electrons. The van der Waals surface area contributed by atoms with Gasteiger partial charge in [0.2, 0.25) is 0 Å². The van der Waals surface area contributed by atoms with E-state index < -0.39 is 0 Å². The molecule has 0 fully saturated rings. The van der Waals surface area contributed by atoms with Crippen molar-refractivity contribution in [1.82, 2.24) is 4.90 Å². The lowest BCUT2D eigenvalue weighted by Crippen LogP contribution is -2.51. The van der Waals surface area contributed by atoms with Gasteiger partial charge >= 0.3 is 0 Å². The van der Waals surface area contributed by atoms with E-state index in [4.69, 9.17) is 0 Å². The van der Waals surface area contributed by atoms with Gasteiger partial charge in [-0.1, -0.05) is 72.6 Å². The van der Waals surface area contributed by atoms with Crippen molar-refractivity contribution < 1.29 is 4.79 Å². The van der Waals surface area contributed by atoms with Crippen molar-refractivity contribution >= 4 is 5.78 Å². The van der Waals surface area contributed by atoms with E-state index in [0.29, 0.717) is 5.78 Å². The van der Waals surface area contributed by atoms with Crippen molar-refractivity contribution in [2.75, 3.05) is 13.1 Å². The molecule has 0 spiro atoms. The van der Waals surface area contributed by atoms with E-state index >= 15 is 0 Å². The molecule has 1 atom stereocenters. The number of likely N-dealkylation sites (N-methyl/N-ethyl adjacent to an activating group) is 1. The fourth-order valence-corrected chi connectivity index (χ4v) is 3.21. The molecule has 0 N–H and O–H groups in total. The SMILES string of the molecule is CCCCCCCCCCC(=O)C(C)(CC)N(CC)CC. The minimum absolute atomic E-state index is 0.245. The van der Waals surface area contributed by atoms with Gasteiger partial charge in [-0.3, -0.25) is 9.69 Å². The van der Waals surface area contributed by atoms with Gasteiger partial charge in [0.25, 0.3) is 0 Å². The van der Waals surface area contributed by atoms with Crippen LogP contribution in [0, 0.1) is 0 Å². The van der Waals surface area contributed by atoms with Crippen molar-refractivity contribution in [3.63, 3.8) is 0 Å². The maximum Gasteiger partial charge on any atom is 0.152 e. The molecular formula is C19H39NO. The van der Waals surface area contributed by atoms with E-state index in [2.05, 4.69) is 39.5 Å². The highest BCUT2D eigenvalue weighted by Crippen LogP contribution is 2.23. The first-order chi connectivity index (χ1) is 10.1. The third-order valence-corrected chi connectivity index (χ3v) is 5.01. The van der Waals surface area contributed by atoms with Gasteiger partial charge in [-0.25, -0.2) is 0 Å². The largest absolute Gasteiger partial charge is 0.298 e. The van der Waals surface area contributed by atoms with Gasteiger partial charge in [0.15, 0.2) is 5.78 Å². The Morgan fingerprint density at radius 2 is 1.29 bits per heavy atom. The first-order valence-corrected chi connectivity index (χ1v) is 9.35. The number of nitrogens with zero attached hydrogens (tertiary/aromatic N) is 1. The van der Waals surface area contributed by atoms with Crippen LogP contribution in [-0.4, -0.2) is 29.3 Å². The smallest absolute Gasteiger partial charge is 0.152 e. The second-order valence-electron chi connectivity index (χ2n) is 6.45. The Kier molecular flexibility index (Phi) is 12.0. The predicted octanol–water partition coefficient (Wildman–Crippen LogP) is 5.60. The van der Waals surface area contributed by atoms with Crippen molar-refractivity contribution in [2.45, 2.75) is 104 Å². The van der Waals surface area contributed by atoms with Gasteiger partial charge < -0.3 is 0 Å². The number of unbranched alkanes of at least 4 members (excludes halogenated alkanes) is 7. The molecule has 0 aliphatic heterocycles. The molecule has 0 amide bonds. The number of hydrogen-bond donors (Lipinski definition) is 0. The normalized spacial score (nSPS) is 14.4. The molecule has 2 nitrogen and oxygen atoms in total. The lowest BCUT2D eigenvalue weighted by molar-refractivity contribution is -0.130. The average Bonchev–Trinajstić information content (AvgIpc) is 2.50. The van der Waals surface area contributed by atoms with Crippen molar-refractivity contribution in [1.29, 1.82) is 0 Å². The highest BCUT2D eigenvalue weighted by molar-refractivity contribution is 5.87. The second-order valence-corrected chi connectivity index (χ2v) is 6.45. The van der Waals surface area contributed by atoms with Gasteiger partial charge in [-0.05, 0) is 32.9 Å². The minimum Gasteiger partial charge on any atom is -0.298 e. The third-order valence-electron chi connectivity index (χ3n) is 5.01. The van der Waals surface area contributed by atoms with Gasteiger partial charge in [-0.2, -0.15) is 0 Å². The van der Waals surface area contributed by atoms with Crippen LogP contribution in [0.2, 0.25) is 0 Å². The second kappa shape index (κ2) is 12.2. The fraction of sp³-hybridized carbons (Fsp3) is 0.947. The molecule has 0 saturated heterocycles. The Labute approximate surface area is 133 Å². The number of Topliss-reactive ketones (excluding diaryl/α,β-unsaturated/α-hetero) is 1. The molecule has 0 rings (SSSR count). The molecular weight excluding hydrogens is 258 g/mol. The zero-order chi connectivity index (χ0) is 16.1. The molecule has 0 aliphatic carbocycles. The van der Waals surface area contributed by atoms with Crippen LogP contribution < -0.4 is 0 Å². The van der Waals surface area contributed by atoms with Crippen molar-refractivity contribution in [3.05, 3.63) is 0 Å². The summed E-state index contributed by atoms with van der Waals surface area (Å²) in [4.78, 5) is 14.9. The van der Waals surface area contributed by atoms with Crippen LogP contribution in [-0.2, 0) is 4.79 Å². The van der Waals surface area contributed by atoms with Crippen LogP contribution in [0.15, 0.2) is 0 Å². The molecule has 0 bridgehead atoms. The van der Waals surface area contributed by atoms with Crippen molar-refractivity contribution in [3.8, 4) is 0 Å². The summed E-state index contributed by atoms with van der Waals surface area (Å²) < 4.78 is 0. The van der Waals surface area contributed by atoms with Gasteiger partial charge in [0, 0.05) is 6.42 Å². The highest BCUT2D eigenvalue weighted by Gasteiger charge is 2.34. The fourth-order valence-electron chi connectivity index (χ4n) is 3.21. The number of carbonyl (C=O) groups is 1. The highest BCUT2D eigenvalue weighted by atomic mass is 16.1. The van der Waals surface area contributed by atoms with Gasteiger partial charge in [-0.15, -0.1) is 0 Å². The molecule has 21 heavy (non-hydrogen) atoms. The van der Waals surface area contributed by atoms with E-state index in [9.17, 15) is 4.79 Å². The lowest BCUT2D eigenvalue weighted by Gasteiger charge is -2.38. The quantitative estimate of drug-likeness (QED) is 0.389. The maximum atomic E-state index is 12.6. The Balaban J connectivity index is 3.95. The zero-order valence-corrected chi connectivity index (χ0v) is 15.3. The summed E-state index contributed by atoms with van der Waals surface area (Å²) in [6.45, 7) is 12.8. The Hall–Kier alpha value is -0.370. The van der Waals surface area contributed by atoms with E-state index in [1.165, 1.54) is 44.9 Å². The summed E-state index contributed by atoms with van der Waals surface area (Å²) >= 11 is 0. The van der Waals surface area contributed by atoms with Crippen LogP contribution in [0.5, 0.6) is 0 Å². The summed E-state index contributed by atoms with van der Waals surface area (Å²) in [6, 6.07) is 0. The van der Waals surface area contributed by atoms with Crippen LogP contribution in [0.1, 0.15) is 98.8 Å². The van der Waals surface area contributed by atoms with Crippen molar-refractivity contribution in [2.24, 2.45) is 0 Å². The summed E-state index contributed by atoms with van der Waals surface area (Å²) in [7, 11) is 0. The van der Waals surface area contributed by atoms with Crippen LogP contribution in [0.25, 0.3) is 0 Å². The molecule has 0 saturated carbocycles. The molecule has 0 aromatic rings. The summed E-state index contributed by atoms with van der Waals surface area (Å²) in [5.74, 6) is 0.444. The third kappa shape index (κ3) is 7.44. The number of rotatable bonds is 14. The monoisotopic (exact) mass is 297 g/mol. The standard InChI is InChI=1S/C19H39NO/c1-6-10-11-12-13-14-15-16-17-18(21)19(5,7-2)20(8-3)9-4/h6-17H2,1-5H3. The van der Waals surface area contributed by atoms with Gasteiger partial charge in [0.1, 0.15) is 0 Å². The molecule has 0 aliphatic rings. The van der Waals surface area contributed by atoms with E-state index in [0.717, 1.165) is 32.4 Å². The Bertz CT molecular complexity index is 260. The van der Waals surface area contributed by atoms with E-state index in [1.807, 2.05) is 0 Å². The first-order valence-electron chi connectivity index (χ1n) is 9.35. The Morgan fingerprint density at radius 3 is 1.71 bits per heavy atom. The predicted molar refractivity (Wildman–Crippen MR) is 93.9 cm³/mol. The van der Waals surface area contributed by atoms with Crippen LogP contribution >= 0.6 is 0 Å². The molecule has 1 unspecified atom stereocenters. The van der Waals surface area contributed by atoms with Crippen LogP contribution in [0.4, 0.5) is 0 Å². The molecule has 2 heteroatoms. The average molecular weight is 298 g/mol. The Morgan fingerprint density at radius 1 is 0.810 bits per heavy atom. The maximum absolute atomic E-state index is 12.6. The number of hydrogen-bond acceptors (Lipinski definition) is 2. The van der Waals surface area contributed by atoms with Crippen LogP contribution in [0.3, 0.4) is 0 Å². The first kappa shape index (κ1) is 20.6. The zero-order valence-electron chi connectivity index (χ0n) is 15.3. The van der Waals surface area contributed by atoms with E-state index in [1.54, 1.807) is 0 Å². The summed E-state index contributed by atoms with van der Waals surface area (Å²) in [5.41, 5.74) is -0.245. The molecule has 0 aromatic heterocycles. The lowest BCUT2D eigenvalue weighted by atomic mass is 9.87. The number of carbonyl (C=O) groups excluding carboxylic acids is 1. The topological polar surface area (TPSA) is 20.3 Å². The summed E-state index contributed by atoms with van der Waals surface area (Å²) in [6.07, 6.45) is 12.0. The molecule has 0 radical (unpaired) electrons.